The van der Waals surface area contributed by atoms with Crippen LogP contribution in [-0.4, -0.2) is 14.5 Å². The number of nitrogens with two attached hydrogens (primary N) is 2. The smallest absolute Gasteiger partial charge is 0.222 e. The largest absolute Gasteiger partial charge is 0.383 e. The van der Waals surface area contributed by atoms with Crippen molar-refractivity contribution in [1.82, 2.24) is 14.5 Å². The van der Waals surface area contributed by atoms with E-state index in [1.807, 2.05) is 36.4 Å². The van der Waals surface area contributed by atoms with Crippen molar-refractivity contribution in [3.05, 3.63) is 59.3 Å². The minimum Gasteiger partial charge on any atom is -0.383 e. The van der Waals surface area contributed by atoms with Crippen LogP contribution in [0.1, 0.15) is 16.8 Å². The first kappa shape index (κ1) is 15.0. The summed E-state index contributed by atoms with van der Waals surface area (Å²) < 4.78 is 2.21. The van der Waals surface area contributed by atoms with Crippen LogP contribution in [0.2, 0.25) is 0 Å². The zero-order chi connectivity index (χ0) is 17.6. The molecule has 122 valence electrons. The number of aryl methyl sites for hydroxylation is 1. The quantitative estimate of drug-likeness (QED) is 0.588. The lowest BCUT2D eigenvalue weighted by molar-refractivity contribution is 0.805. The third kappa shape index (κ3) is 2.42. The maximum absolute atomic E-state index is 8.93. The van der Waals surface area contributed by atoms with E-state index in [9.17, 15) is 0 Å². The summed E-state index contributed by atoms with van der Waals surface area (Å²) in [6, 6.07) is 15.8. The Morgan fingerprint density at radius 3 is 2.56 bits per heavy atom. The van der Waals surface area contributed by atoms with Gasteiger partial charge in [-0.25, -0.2) is 4.98 Å². The maximum Gasteiger partial charge on any atom is 0.222 e. The first-order valence-corrected chi connectivity index (χ1v) is 7.87. The van der Waals surface area contributed by atoms with E-state index in [0.29, 0.717) is 17.9 Å². The molecule has 0 saturated heterocycles. The second-order valence-corrected chi connectivity index (χ2v) is 6.04. The molecular weight excluding hydrogens is 312 g/mol. The van der Waals surface area contributed by atoms with Crippen LogP contribution in [-0.2, 0) is 6.54 Å². The van der Waals surface area contributed by atoms with E-state index < -0.39 is 0 Å². The number of anilines is 2. The number of nitrogens with zero attached hydrogens (tertiary/aromatic N) is 4. The molecule has 0 aliphatic rings. The number of nitrogen functional groups attached to an aromatic ring is 2. The van der Waals surface area contributed by atoms with Crippen molar-refractivity contribution in [2.75, 3.05) is 11.5 Å². The van der Waals surface area contributed by atoms with Gasteiger partial charge in [0, 0.05) is 23.1 Å². The topological polar surface area (TPSA) is 107 Å². The van der Waals surface area contributed by atoms with Gasteiger partial charge in [-0.1, -0.05) is 12.1 Å². The van der Waals surface area contributed by atoms with Crippen molar-refractivity contribution in [2.45, 2.75) is 13.5 Å². The van der Waals surface area contributed by atoms with Crippen LogP contribution in [0.15, 0.2) is 42.5 Å². The molecule has 0 fully saturated rings. The molecule has 6 nitrogen and oxygen atoms in total. The molecule has 0 radical (unpaired) electrons. The average molecular weight is 328 g/mol. The molecule has 2 heterocycles. The average Bonchev–Trinajstić information content (AvgIpc) is 2.90. The van der Waals surface area contributed by atoms with Gasteiger partial charge in [-0.05, 0) is 42.8 Å². The van der Waals surface area contributed by atoms with Gasteiger partial charge in [0.2, 0.25) is 5.95 Å². The van der Waals surface area contributed by atoms with Crippen LogP contribution in [0.25, 0.3) is 21.8 Å². The molecule has 2 aromatic heterocycles. The summed E-state index contributed by atoms with van der Waals surface area (Å²) in [6.45, 7) is 2.77. The van der Waals surface area contributed by atoms with E-state index in [2.05, 4.69) is 33.6 Å². The zero-order valence-corrected chi connectivity index (χ0v) is 13.7. The summed E-state index contributed by atoms with van der Waals surface area (Å²) in [7, 11) is 0. The molecule has 0 spiro atoms. The Hall–Kier alpha value is -3.59. The maximum atomic E-state index is 8.93. The second kappa shape index (κ2) is 5.49. The van der Waals surface area contributed by atoms with Crippen LogP contribution < -0.4 is 11.5 Å². The Morgan fingerprint density at radius 2 is 1.84 bits per heavy atom. The highest BCUT2D eigenvalue weighted by Gasteiger charge is 2.13. The predicted molar refractivity (Wildman–Crippen MR) is 98.9 cm³/mol. The number of hydrogen-bond acceptors (Lipinski definition) is 5. The van der Waals surface area contributed by atoms with Gasteiger partial charge in [0.05, 0.1) is 22.5 Å². The van der Waals surface area contributed by atoms with Gasteiger partial charge in [-0.15, -0.1) is 0 Å². The minimum atomic E-state index is 0.179. The minimum absolute atomic E-state index is 0.179. The monoisotopic (exact) mass is 328 g/mol. The Kier molecular flexibility index (Phi) is 3.29. The van der Waals surface area contributed by atoms with Crippen molar-refractivity contribution in [1.29, 1.82) is 5.26 Å². The van der Waals surface area contributed by atoms with Crippen molar-refractivity contribution in [3.8, 4) is 6.07 Å². The molecule has 2 aromatic carbocycles. The van der Waals surface area contributed by atoms with Crippen molar-refractivity contribution >= 4 is 33.6 Å². The molecule has 0 unspecified atom stereocenters. The summed E-state index contributed by atoms with van der Waals surface area (Å²) in [5.74, 6) is 0.571. The highest BCUT2D eigenvalue weighted by Crippen LogP contribution is 2.31. The van der Waals surface area contributed by atoms with Gasteiger partial charge >= 0.3 is 0 Å². The van der Waals surface area contributed by atoms with Crippen LogP contribution in [0.3, 0.4) is 0 Å². The molecule has 4 aromatic rings. The molecule has 6 heteroatoms. The molecule has 25 heavy (non-hydrogen) atoms. The predicted octanol–water partition coefficient (Wildman–Crippen LogP) is 2.98. The van der Waals surface area contributed by atoms with E-state index in [0.717, 1.165) is 33.1 Å². The summed E-state index contributed by atoms with van der Waals surface area (Å²) in [4.78, 5) is 8.37. The van der Waals surface area contributed by atoms with Gasteiger partial charge < -0.3 is 16.0 Å². The van der Waals surface area contributed by atoms with E-state index in [4.69, 9.17) is 16.7 Å². The lowest BCUT2D eigenvalue weighted by Crippen LogP contribution is -2.02. The first-order valence-electron chi connectivity index (χ1n) is 7.87. The molecule has 0 saturated carbocycles. The third-order valence-electron chi connectivity index (χ3n) is 4.42. The summed E-state index contributed by atoms with van der Waals surface area (Å²) in [5, 5.41) is 10.8. The fourth-order valence-corrected chi connectivity index (χ4v) is 3.22. The van der Waals surface area contributed by atoms with Crippen LogP contribution in [0.5, 0.6) is 0 Å². The van der Waals surface area contributed by atoms with Crippen molar-refractivity contribution in [3.63, 3.8) is 0 Å². The Labute approximate surface area is 144 Å². The molecular formula is C19H16N6. The highest BCUT2D eigenvalue weighted by molar-refractivity contribution is 6.10. The number of hydrogen-bond donors (Lipinski definition) is 2. The molecule has 4 N–H and O–H groups in total. The van der Waals surface area contributed by atoms with E-state index in [1.54, 1.807) is 0 Å². The standard InChI is InChI=1S/C19H16N6/c1-11-8-14-16(7-6-15-17(14)18(21)24-19(22)23-15)25(11)10-13-4-2-12(9-20)3-5-13/h2-8H,10H2,1H3,(H4,21,22,23,24). The van der Waals surface area contributed by atoms with E-state index in [-0.39, 0.29) is 5.95 Å². The van der Waals surface area contributed by atoms with Gasteiger partial charge in [0.1, 0.15) is 5.82 Å². The second-order valence-electron chi connectivity index (χ2n) is 6.04. The first-order chi connectivity index (χ1) is 12.1. The normalized spacial score (nSPS) is 11.0. The molecule has 0 atom stereocenters. The fourth-order valence-electron chi connectivity index (χ4n) is 3.22. The SMILES string of the molecule is Cc1cc2c3c(N)nc(N)nc3ccc2n1Cc1ccc(C#N)cc1. The summed E-state index contributed by atoms with van der Waals surface area (Å²) >= 11 is 0. The van der Waals surface area contributed by atoms with Gasteiger partial charge in [0.25, 0.3) is 0 Å². The van der Waals surface area contributed by atoms with E-state index >= 15 is 0 Å². The molecule has 4 rings (SSSR count). The number of aromatic nitrogens is 3. The lowest BCUT2D eigenvalue weighted by Gasteiger charge is -2.10. The van der Waals surface area contributed by atoms with Crippen LogP contribution in [0, 0.1) is 18.3 Å². The Balaban J connectivity index is 1.88. The van der Waals surface area contributed by atoms with Crippen LogP contribution in [0.4, 0.5) is 11.8 Å². The molecule has 0 aliphatic heterocycles. The number of fused-ring (bicyclic) bond motifs is 3. The number of benzene rings is 2. The number of rotatable bonds is 2. The van der Waals surface area contributed by atoms with Gasteiger partial charge in [0.15, 0.2) is 0 Å². The summed E-state index contributed by atoms with van der Waals surface area (Å²) in [6.07, 6.45) is 0. The van der Waals surface area contributed by atoms with Crippen molar-refractivity contribution in [2.24, 2.45) is 0 Å². The molecule has 0 bridgehead atoms. The van der Waals surface area contributed by atoms with Crippen molar-refractivity contribution < 1.29 is 0 Å². The van der Waals surface area contributed by atoms with Gasteiger partial charge in [-0.3, -0.25) is 0 Å². The highest BCUT2D eigenvalue weighted by atomic mass is 15.0. The molecule has 0 amide bonds. The Bertz CT molecular complexity index is 1150. The zero-order valence-electron chi connectivity index (χ0n) is 13.7. The molecule has 0 aliphatic carbocycles. The lowest BCUT2D eigenvalue weighted by atomic mass is 10.1. The number of nitriles is 1. The van der Waals surface area contributed by atoms with Gasteiger partial charge in [-0.2, -0.15) is 10.2 Å². The van der Waals surface area contributed by atoms with E-state index in [1.165, 1.54) is 0 Å². The fraction of sp³-hybridized carbons (Fsp3) is 0.105. The summed E-state index contributed by atoms with van der Waals surface area (Å²) in [5.41, 5.74) is 16.5. The third-order valence-corrected chi connectivity index (χ3v) is 4.42. The van der Waals surface area contributed by atoms with Crippen LogP contribution >= 0.6 is 0 Å². The Morgan fingerprint density at radius 1 is 1.08 bits per heavy atom.